The SMILES string of the molecule is N#Cc1cnn(-c2ccc(F)cc2)c1C(F)(F)F. The average molecular weight is 255 g/mol. The van der Waals surface area contributed by atoms with Crippen LogP contribution in [0.25, 0.3) is 5.69 Å². The van der Waals surface area contributed by atoms with Crippen molar-refractivity contribution >= 4 is 0 Å². The summed E-state index contributed by atoms with van der Waals surface area (Å²) in [7, 11) is 0. The van der Waals surface area contributed by atoms with Gasteiger partial charge in [0, 0.05) is 0 Å². The monoisotopic (exact) mass is 255 g/mol. The lowest BCUT2D eigenvalue weighted by Crippen LogP contribution is -2.14. The van der Waals surface area contributed by atoms with E-state index in [0.717, 1.165) is 30.5 Å². The van der Waals surface area contributed by atoms with Crippen LogP contribution in [-0.4, -0.2) is 9.78 Å². The van der Waals surface area contributed by atoms with Crippen LogP contribution in [0.15, 0.2) is 30.5 Å². The highest BCUT2D eigenvalue weighted by molar-refractivity contribution is 5.41. The Kier molecular flexibility index (Phi) is 2.79. The lowest BCUT2D eigenvalue weighted by Gasteiger charge is -2.10. The third-order valence-electron chi connectivity index (χ3n) is 2.23. The van der Waals surface area contributed by atoms with Gasteiger partial charge in [-0.3, -0.25) is 0 Å². The summed E-state index contributed by atoms with van der Waals surface area (Å²) in [5, 5.41) is 12.1. The van der Waals surface area contributed by atoms with Gasteiger partial charge in [-0.05, 0) is 24.3 Å². The predicted molar refractivity (Wildman–Crippen MR) is 53.2 cm³/mol. The van der Waals surface area contributed by atoms with Crippen LogP contribution in [0.2, 0.25) is 0 Å². The lowest BCUT2D eigenvalue weighted by atomic mass is 10.2. The second-order valence-electron chi connectivity index (χ2n) is 3.40. The van der Waals surface area contributed by atoms with Crippen LogP contribution in [0.3, 0.4) is 0 Å². The van der Waals surface area contributed by atoms with Crippen molar-refractivity contribution in [3.63, 3.8) is 0 Å². The molecule has 7 heteroatoms. The fraction of sp³-hybridized carbons (Fsp3) is 0.0909. The van der Waals surface area contributed by atoms with Crippen molar-refractivity contribution in [1.82, 2.24) is 9.78 Å². The van der Waals surface area contributed by atoms with Gasteiger partial charge in [0.05, 0.1) is 11.9 Å². The number of hydrogen-bond acceptors (Lipinski definition) is 2. The van der Waals surface area contributed by atoms with Crippen LogP contribution >= 0.6 is 0 Å². The van der Waals surface area contributed by atoms with E-state index in [9.17, 15) is 17.6 Å². The minimum Gasteiger partial charge on any atom is -0.227 e. The molecule has 1 aromatic carbocycles. The standard InChI is InChI=1S/C11H5F4N3/c12-8-1-3-9(4-2-8)18-10(11(13,14)15)7(5-16)6-17-18/h1-4,6H. The molecule has 92 valence electrons. The molecular formula is C11H5F4N3. The minimum absolute atomic E-state index is 0.0326. The number of halogens is 4. The summed E-state index contributed by atoms with van der Waals surface area (Å²) < 4.78 is 51.7. The molecule has 0 aliphatic rings. The Morgan fingerprint density at radius 2 is 1.78 bits per heavy atom. The Bertz CT molecular complexity index is 605. The smallest absolute Gasteiger partial charge is 0.227 e. The summed E-state index contributed by atoms with van der Waals surface area (Å²) in [5.74, 6) is -0.569. The average Bonchev–Trinajstić information content (AvgIpc) is 2.73. The largest absolute Gasteiger partial charge is 0.434 e. The molecule has 0 unspecified atom stereocenters. The number of nitriles is 1. The van der Waals surface area contributed by atoms with E-state index < -0.39 is 23.3 Å². The van der Waals surface area contributed by atoms with Crippen LogP contribution in [0.4, 0.5) is 17.6 Å². The number of hydrogen-bond donors (Lipinski definition) is 0. The van der Waals surface area contributed by atoms with Gasteiger partial charge in [0.25, 0.3) is 0 Å². The number of alkyl halides is 3. The van der Waals surface area contributed by atoms with Crippen molar-refractivity contribution in [2.45, 2.75) is 6.18 Å². The Balaban J connectivity index is 2.63. The first-order valence-electron chi connectivity index (χ1n) is 4.74. The molecule has 3 nitrogen and oxygen atoms in total. The van der Waals surface area contributed by atoms with Crippen molar-refractivity contribution in [1.29, 1.82) is 5.26 Å². The molecule has 0 amide bonds. The first kappa shape index (κ1) is 12.1. The van der Waals surface area contributed by atoms with Crippen LogP contribution in [0.5, 0.6) is 0 Å². The van der Waals surface area contributed by atoms with Crippen molar-refractivity contribution in [2.24, 2.45) is 0 Å². The zero-order valence-corrected chi connectivity index (χ0v) is 8.74. The summed E-state index contributed by atoms with van der Waals surface area (Å²) in [6.07, 6.45) is -3.89. The second-order valence-corrected chi connectivity index (χ2v) is 3.40. The highest BCUT2D eigenvalue weighted by Crippen LogP contribution is 2.33. The van der Waals surface area contributed by atoms with E-state index in [1.54, 1.807) is 0 Å². The third-order valence-corrected chi connectivity index (χ3v) is 2.23. The number of aromatic nitrogens is 2. The van der Waals surface area contributed by atoms with Gasteiger partial charge >= 0.3 is 6.18 Å². The molecule has 18 heavy (non-hydrogen) atoms. The maximum Gasteiger partial charge on any atom is 0.434 e. The molecule has 0 N–H and O–H groups in total. The van der Waals surface area contributed by atoms with Gasteiger partial charge in [0.15, 0.2) is 5.69 Å². The number of benzene rings is 1. The zero-order valence-electron chi connectivity index (χ0n) is 8.74. The molecular weight excluding hydrogens is 250 g/mol. The molecule has 0 aliphatic carbocycles. The lowest BCUT2D eigenvalue weighted by molar-refractivity contribution is -0.143. The Morgan fingerprint density at radius 3 is 2.28 bits per heavy atom. The van der Waals surface area contributed by atoms with Gasteiger partial charge in [-0.1, -0.05) is 0 Å². The van der Waals surface area contributed by atoms with Crippen LogP contribution < -0.4 is 0 Å². The van der Waals surface area contributed by atoms with Crippen molar-refractivity contribution in [3.8, 4) is 11.8 Å². The van der Waals surface area contributed by atoms with Gasteiger partial charge in [0.2, 0.25) is 0 Å². The maximum atomic E-state index is 12.8. The summed E-state index contributed by atoms with van der Waals surface area (Å²) >= 11 is 0. The van der Waals surface area contributed by atoms with E-state index in [2.05, 4.69) is 5.10 Å². The molecule has 1 heterocycles. The molecule has 1 aromatic heterocycles. The van der Waals surface area contributed by atoms with E-state index in [4.69, 9.17) is 5.26 Å². The van der Waals surface area contributed by atoms with E-state index in [0.29, 0.717) is 4.68 Å². The molecule has 0 fully saturated rings. The van der Waals surface area contributed by atoms with Crippen molar-refractivity contribution < 1.29 is 17.6 Å². The molecule has 0 saturated carbocycles. The molecule has 0 radical (unpaired) electrons. The molecule has 0 spiro atoms. The fourth-order valence-corrected chi connectivity index (χ4v) is 1.48. The summed E-state index contributed by atoms with van der Waals surface area (Å²) in [4.78, 5) is 0. The van der Waals surface area contributed by atoms with Gasteiger partial charge in [-0.2, -0.15) is 23.5 Å². The van der Waals surface area contributed by atoms with Crippen molar-refractivity contribution in [3.05, 3.63) is 47.5 Å². The van der Waals surface area contributed by atoms with Gasteiger partial charge in [-0.15, -0.1) is 0 Å². The molecule has 0 aliphatic heterocycles. The number of nitrogens with zero attached hydrogens (tertiary/aromatic N) is 3. The Morgan fingerprint density at radius 1 is 1.17 bits per heavy atom. The van der Waals surface area contributed by atoms with Gasteiger partial charge in [0.1, 0.15) is 17.4 Å². The highest BCUT2D eigenvalue weighted by Gasteiger charge is 2.38. The van der Waals surface area contributed by atoms with Crippen LogP contribution in [0.1, 0.15) is 11.3 Å². The summed E-state index contributed by atoms with van der Waals surface area (Å²) in [6.45, 7) is 0. The number of rotatable bonds is 1. The topological polar surface area (TPSA) is 41.6 Å². The minimum atomic E-state index is -4.71. The van der Waals surface area contributed by atoms with E-state index in [1.807, 2.05) is 0 Å². The molecule has 0 saturated heterocycles. The van der Waals surface area contributed by atoms with Gasteiger partial charge in [-0.25, -0.2) is 9.07 Å². The Hall–Kier alpha value is -2.36. The highest BCUT2D eigenvalue weighted by atomic mass is 19.4. The van der Waals surface area contributed by atoms with Crippen molar-refractivity contribution in [2.75, 3.05) is 0 Å². The van der Waals surface area contributed by atoms with E-state index in [-0.39, 0.29) is 5.69 Å². The zero-order chi connectivity index (χ0) is 13.3. The van der Waals surface area contributed by atoms with Gasteiger partial charge < -0.3 is 0 Å². The fourth-order valence-electron chi connectivity index (χ4n) is 1.48. The second kappa shape index (κ2) is 4.14. The molecule has 2 rings (SSSR count). The predicted octanol–water partition coefficient (Wildman–Crippen LogP) is 2.90. The quantitative estimate of drug-likeness (QED) is 0.735. The normalized spacial score (nSPS) is 11.3. The first-order chi connectivity index (χ1) is 8.43. The molecule has 0 atom stereocenters. The third kappa shape index (κ3) is 2.05. The molecule has 0 bridgehead atoms. The summed E-state index contributed by atoms with van der Waals surface area (Å²) in [5.41, 5.74) is -1.71. The summed E-state index contributed by atoms with van der Waals surface area (Å²) in [6, 6.07) is 5.76. The first-order valence-corrected chi connectivity index (χ1v) is 4.74. The van der Waals surface area contributed by atoms with Crippen LogP contribution in [-0.2, 0) is 6.18 Å². The van der Waals surface area contributed by atoms with Crippen LogP contribution in [0, 0.1) is 17.1 Å². The Labute approximate surface area is 98.9 Å². The van der Waals surface area contributed by atoms with E-state index in [1.165, 1.54) is 6.07 Å². The molecule has 2 aromatic rings. The van der Waals surface area contributed by atoms with E-state index >= 15 is 0 Å². The maximum absolute atomic E-state index is 12.8.